The van der Waals surface area contributed by atoms with Gasteiger partial charge in [-0.3, -0.25) is 19.5 Å². The van der Waals surface area contributed by atoms with Crippen LogP contribution in [0.2, 0.25) is 0 Å². The minimum atomic E-state index is -1.43. The van der Waals surface area contributed by atoms with Gasteiger partial charge in [0.2, 0.25) is 0 Å². The largest absolute Gasteiger partial charge is 0.464 e. The number of carbonyl (C=O) groups is 2. The van der Waals surface area contributed by atoms with Crippen molar-refractivity contribution in [2.45, 2.75) is 103 Å². The number of hydrogen-bond acceptors (Lipinski definition) is 11. The van der Waals surface area contributed by atoms with Gasteiger partial charge >= 0.3 is 5.97 Å². The SMILES string of the molecule is CO[C@]1(C)C[C@@H](C)CN(C)CCCN(CCc2cccnc2)CCOC(=O)C(C)(C)C(=O)[C@H](C)[C@H]1O[C@@H]1O[C@H](C)C[C@H](N(C)C)[C@H]1O. The third-order valence-electron chi connectivity index (χ3n) is 10.1. The molecule has 1 aromatic rings. The van der Waals surface area contributed by atoms with Gasteiger partial charge in [0, 0.05) is 51.1 Å². The molecule has 0 saturated carbocycles. The topological polar surface area (TPSA) is 114 Å². The highest BCUT2D eigenvalue weighted by Crippen LogP contribution is 2.38. The zero-order valence-electron chi connectivity index (χ0n) is 30.6. The number of cyclic esters (lactones) is 1. The first-order valence-corrected chi connectivity index (χ1v) is 17.3. The van der Waals surface area contributed by atoms with Gasteiger partial charge in [-0.2, -0.15) is 0 Å². The van der Waals surface area contributed by atoms with Crippen LogP contribution in [0.3, 0.4) is 0 Å². The van der Waals surface area contributed by atoms with Crippen LogP contribution < -0.4 is 0 Å². The second-order valence-electron chi connectivity index (χ2n) is 14.9. The van der Waals surface area contributed by atoms with E-state index in [1.54, 1.807) is 34.1 Å². The van der Waals surface area contributed by atoms with Crippen LogP contribution in [0.5, 0.6) is 0 Å². The van der Waals surface area contributed by atoms with Gasteiger partial charge in [0.05, 0.1) is 17.8 Å². The van der Waals surface area contributed by atoms with Gasteiger partial charge < -0.3 is 33.9 Å². The summed E-state index contributed by atoms with van der Waals surface area (Å²) in [5.41, 5.74) is -1.19. The van der Waals surface area contributed by atoms with Gasteiger partial charge in [0.25, 0.3) is 0 Å². The molecule has 2 saturated heterocycles. The molecular formula is C36H62N4O7. The summed E-state index contributed by atoms with van der Waals surface area (Å²) in [6, 6.07) is 3.84. The lowest BCUT2D eigenvalue weighted by Crippen LogP contribution is -2.59. The van der Waals surface area contributed by atoms with Crippen LogP contribution in [-0.4, -0.2) is 140 Å². The van der Waals surface area contributed by atoms with Crippen molar-refractivity contribution in [3.63, 3.8) is 0 Å². The van der Waals surface area contributed by atoms with E-state index in [2.05, 4.69) is 34.8 Å². The summed E-state index contributed by atoms with van der Waals surface area (Å²) in [7, 11) is 7.62. The van der Waals surface area contributed by atoms with Crippen molar-refractivity contribution in [1.82, 2.24) is 19.7 Å². The second kappa shape index (κ2) is 17.6. The van der Waals surface area contributed by atoms with Crippen LogP contribution in [0.1, 0.15) is 66.4 Å². The first-order valence-electron chi connectivity index (χ1n) is 17.3. The molecule has 47 heavy (non-hydrogen) atoms. The number of ketones is 1. The number of pyridine rings is 1. The minimum absolute atomic E-state index is 0.159. The first kappa shape index (κ1) is 39.4. The highest BCUT2D eigenvalue weighted by molar-refractivity contribution is 6.04. The predicted octanol–water partition coefficient (Wildman–Crippen LogP) is 3.28. The number of aromatic nitrogens is 1. The molecule has 2 fully saturated rings. The number of Topliss-reactive ketones (excluding diaryl/α,β-unsaturated/α-hetero) is 1. The molecule has 0 aliphatic carbocycles. The zero-order valence-corrected chi connectivity index (χ0v) is 30.6. The van der Waals surface area contributed by atoms with Crippen LogP contribution in [0.4, 0.5) is 0 Å². The van der Waals surface area contributed by atoms with E-state index in [1.165, 1.54) is 0 Å². The summed E-state index contributed by atoms with van der Waals surface area (Å²) in [5.74, 6) is -1.45. The molecule has 3 rings (SSSR count). The fourth-order valence-electron chi connectivity index (χ4n) is 7.27. The van der Waals surface area contributed by atoms with Crippen LogP contribution in [-0.2, 0) is 35.0 Å². The predicted molar refractivity (Wildman–Crippen MR) is 182 cm³/mol. The lowest BCUT2D eigenvalue weighted by atomic mass is 9.74. The van der Waals surface area contributed by atoms with Crippen LogP contribution in [0.25, 0.3) is 0 Å². The average molecular weight is 663 g/mol. The highest BCUT2D eigenvalue weighted by atomic mass is 16.7. The fraction of sp³-hybridized carbons (Fsp3) is 0.806. The monoisotopic (exact) mass is 662 g/mol. The Hall–Kier alpha value is -1.99. The number of rotatable bonds is 7. The molecule has 11 heteroatoms. The molecule has 8 atom stereocenters. The molecule has 0 unspecified atom stereocenters. The quantitative estimate of drug-likeness (QED) is 0.343. The molecule has 3 heterocycles. The van der Waals surface area contributed by atoms with Crippen LogP contribution in [0, 0.1) is 17.3 Å². The number of nitrogens with zero attached hydrogens (tertiary/aromatic N) is 4. The molecule has 2 aliphatic heterocycles. The zero-order chi connectivity index (χ0) is 34.9. The molecule has 268 valence electrons. The third kappa shape index (κ3) is 10.7. The van der Waals surface area contributed by atoms with Gasteiger partial charge in [-0.25, -0.2) is 0 Å². The summed E-state index contributed by atoms with van der Waals surface area (Å²) in [6.07, 6.45) is 3.83. The smallest absolute Gasteiger partial charge is 0.319 e. The lowest BCUT2D eigenvalue weighted by Gasteiger charge is -2.47. The van der Waals surface area contributed by atoms with Crippen molar-refractivity contribution in [3.05, 3.63) is 30.1 Å². The Morgan fingerprint density at radius 1 is 1.13 bits per heavy atom. The van der Waals surface area contributed by atoms with E-state index in [0.717, 1.165) is 44.6 Å². The van der Waals surface area contributed by atoms with Gasteiger partial charge in [-0.1, -0.05) is 19.9 Å². The summed E-state index contributed by atoms with van der Waals surface area (Å²) < 4.78 is 24.8. The molecule has 0 bridgehead atoms. The Labute approximate surface area is 283 Å². The maximum absolute atomic E-state index is 14.3. The number of esters is 1. The van der Waals surface area contributed by atoms with E-state index in [4.69, 9.17) is 18.9 Å². The third-order valence-corrected chi connectivity index (χ3v) is 10.1. The Morgan fingerprint density at radius 3 is 2.49 bits per heavy atom. The van der Waals surface area contributed by atoms with E-state index >= 15 is 0 Å². The molecule has 2 aliphatic rings. The van der Waals surface area contributed by atoms with E-state index in [9.17, 15) is 14.7 Å². The second-order valence-corrected chi connectivity index (χ2v) is 14.9. The number of ether oxygens (including phenoxy) is 4. The van der Waals surface area contributed by atoms with Crippen LogP contribution >= 0.6 is 0 Å². The molecule has 11 nitrogen and oxygen atoms in total. The highest BCUT2D eigenvalue weighted by Gasteiger charge is 2.51. The Balaban J connectivity index is 1.89. The summed E-state index contributed by atoms with van der Waals surface area (Å²) >= 11 is 0. The first-order chi connectivity index (χ1) is 22.1. The fourth-order valence-corrected chi connectivity index (χ4v) is 7.27. The lowest BCUT2D eigenvalue weighted by molar-refractivity contribution is -0.295. The van der Waals surface area contributed by atoms with Crippen molar-refractivity contribution < 1.29 is 33.6 Å². The summed E-state index contributed by atoms with van der Waals surface area (Å²) in [6.45, 7) is 15.3. The number of likely N-dealkylation sites (N-methyl/N-ethyl adjacent to an activating group) is 1. The number of aliphatic hydroxyl groups is 1. The summed E-state index contributed by atoms with van der Waals surface area (Å²) in [5, 5.41) is 11.4. The number of methoxy groups -OCH3 is 1. The number of carbonyl (C=O) groups excluding carboxylic acids is 2. The molecular weight excluding hydrogens is 600 g/mol. The van der Waals surface area contributed by atoms with Gasteiger partial charge in [0.1, 0.15) is 18.1 Å². The van der Waals surface area contributed by atoms with Crippen molar-refractivity contribution in [2.24, 2.45) is 17.3 Å². The van der Waals surface area contributed by atoms with Gasteiger partial charge in [-0.05, 0) is 105 Å². The van der Waals surface area contributed by atoms with Crippen LogP contribution in [0.15, 0.2) is 24.5 Å². The standard InChI is InChI=1S/C36H62N4O7/c1-25-22-36(6,44-10)32(47-33-30(41)29(38(7)8)21-26(2)46-33)27(3)31(42)35(4,5)34(43)45-20-19-40(17-12-16-39(9)24-25)18-14-28-13-11-15-37-23-28/h11,13,15,23,25-27,29-30,32-33,41H,12,14,16-22,24H2,1-10H3/t25-,26-,27+,29+,30-,32-,33+,36-/m1/s1. The summed E-state index contributed by atoms with van der Waals surface area (Å²) in [4.78, 5) is 38.7. The number of hydrogen-bond donors (Lipinski definition) is 1. The van der Waals surface area contributed by atoms with E-state index in [-0.39, 0.29) is 30.5 Å². The molecule has 0 aromatic carbocycles. The normalized spacial score (nSPS) is 34.6. The van der Waals surface area contributed by atoms with Gasteiger partial charge in [-0.15, -0.1) is 0 Å². The van der Waals surface area contributed by atoms with Crippen molar-refractivity contribution >= 4 is 11.8 Å². The van der Waals surface area contributed by atoms with Crippen molar-refractivity contribution in [3.8, 4) is 0 Å². The Morgan fingerprint density at radius 2 is 1.85 bits per heavy atom. The van der Waals surface area contributed by atoms with E-state index in [0.29, 0.717) is 19.4 Å². The van der Waals surface area contributed by atoms with Gasteiger partial charge in [0.15, 0.2) is 12.1 Å². The van der Waals surface area contributed by atoms with Crippen molar-refractivity contribution in [1.29, 1.82) is 0 Å². The maximum Gasteiger partial charge on any atom is 0.319 e. The Bertz CT molecular complexity index is 1120. The molecule has 0 radical (unpaired) electrons. The van der Waals surface area contributed by atoms with Crippen molar-refractivity contribution in [2.75, 3.05) is 67.6 Å². The maximum atomic E-state index is 14.3. The minimum Gasteiger partial charge on any atom is -0.464 e. The molecule has 1 N–H and O–H groups in total. The Kier molecular flexibility index (Phi) is 14.8. The molecule has 1 aromatic heterocycles. The van der Waals surface area contributed by atoms with E-state index in [1.807, 2.05) is 45.1 Å². The average Bonchev–Trinajstić information content (AvgIpc) is 3.02. The van der Waals surface area contributed by atoms with E-state index < -0.39 is 41.4 Å². The molecule has 0 spiro atoms. The molecule has 0 amide bonds. The number of aliphatic hydroxyl groups excluding tert-OH is 1.